The highest BCUT2D eigenvalue weighted by Gasteiger charge is 2.24. The summed E-state index contributed by atoms with van der Waals surface area (Å²) in [7, 11) is 2.24. The number of ether oxygens (including phenoxy) is 1. The predicted molar refractivity (Wildman–Crippen MR) is 109 cm³/mol. The van der Waals surface area contributed by atoms with Gasteiger partial charge in [0.05, 0.1) is 0 Å². The Kier molecular flexibility index (Phi) is 5.37. The molecule has 1 saturated heterocycles. The second-order valence-electron chi connectivity index (χ2n) is 7.99. The second-order valence-corrected chi connectivity index (χ2v) is 7.99. The van der Waals surface area contributed by atoms with E-state index in [0.29, 0.717) is 18.4 Å². The van der Waals surface area contributed by atoms with Gasteiger partial charge < -0.3 is 14.7 Å². The largest absolute Gasteiger partial charge is 0.504 e. The van der Waals surface area contributed by atoms with Crippen LogP contribution in [0.3, 0.4) is 0 Å². The Bertz CT molecular complexity index is 805. The van der Waals surface area contributed by atoms with Crippen molar-refractivity contribution in [1.82, 2.24) is 9.80 Å². The van der Waals surface area contributed by atoms with Gasteiger partial charge in [0, 0.05) is 31.2 Å². The van der Waals surface area contributed by atoms with E-state index in [-0.39, 0.29) is 5.75 Å². The molecule has 0 aromatic heterocycles. The molecule has 2 aliphatic heterocycles. The lowest BCUT2D eigenvalue weighted by molar-refractivity contribution is 0.197. The van der Waals surface area contributed by atoms with E-state index >= 15 is 0 Å². The van der Waals surface area contributed by atoms with Gasteiger partial charge >= 0.3 is 0 Å². The van der Waals surface area contributed by atoms with Crippen molar-refractivity contribution < 1.29 is 9.84 Å². The zero-order chi connectivity index (χ0) is 18.8. The van der Waals surface area contributed by atoms with Gasteiger partial charge in [0.2, 0.25) is 0 Å². The molecule has 0 bridgehead atoms. The number of fused-ring (bicyclic) bond motifs is 1. The van der Waals surface area contributed by atoms with Crippen molar-refractivity contribution in [3.63, 3.8) is 0 Å². The van der Waals surface area contributed by atoms with E-state index in [9.17, 15) is 5.11 Å². The van der Waals surface area contributed by atoms with Gasteiger partial charge in [0.15, 0.2) is 11.5 Å². The minimum Gasteiger partial charge on any atom is -0.504 e. The molecule has 0 saturated carbocycles. The third-order valence-electron chi connectivity index (χ3n) is 6.10. The summed E-state index contributed by atoms with van der Waals surface area (Å²) in [5.74, 6) is 0.913. The summed E-state index contributed by atoms with van der Waals surface area (Å²) in [6.45, 7) is 6.78. The SMILES string of the molecule is Cc1ccccc1-c1cc(O)c2c(c1)CN(CC[C@H]1CCCN1C)CCO2. The van der Waals surface area contributed by atoms with E-state index in [1.165, 1.54) is 36.9 Å². The molecule has 0 radical (unpaired) electrons. The van der Waals surface area contributed by atoms with Crippen LogP contribution in [0, 0.1) is 6.92 Å². The molecule has 4 nitrogen and oxygen atoms in total. The number of phenols is 1. The molecule has 1 atom stereocenters. The van der Waals surface area contributed by atoms with Crippen LogP contribution in [0.25, 0.3) is 11.1 Å². The topological polar surface area (TPSA) is 35.9 Å². The smallest absolute Gasteiger partial charge is 0.165 e. The van der Waals surface area contributed by atoms with Crippen LogP contribution in [0.2, 0.25) is 0 Å². The molecule has 1 fully saturated rings. The molecule has 27 heavy (non-hydrogen) atoms. The summed E-state index contributed by atoms with van der Waals surface area (Å²) < 4.78 is 5.92. The Morgan fingerprint density at radius 3 is 2.81 bits per heavy atom. The maximum absolute atomic E-state index is 10.6. The lowest BCUT2D eigenvalue weighted by atomic mass is 9.97. The molecule has 2 heterocycles. The molecule has 0 unspecified atom stereocenters. The highest BCUT2D eigenvalue weighted by molar-refractivity contribution is 5.71. The molecule has 144 valence electrons. The minimum absolute atomic E-state index is 0.253. The number of aryl methyl sites for hydroxylation is 1. The van der Waals surface area contributed by atoms with Crippen LogP contribution in [-0.2, 0) is 6.54 Å². The number of aromatic hydroxyl groups is 1. The summed E-state index contributed by atoms with van der Waals surface area (Å²) in [6.07, 6.45) is 3.84. The first-order valence-electron chi connectivity index (χ1n) is 10.1. The van der Waals surface area contributed by atoms with Gasteiger partial charge in [-0.2, -0.15) is 0 Å². The molecule has 2 aromatic carbocycles. The maximum atomic E-state index is 10.6. The van der Waals surface area contributed by atoms with Crippen molar-refractivity contribution in [3.8, 4) is 22.6 Å². The first-order chi connectivity index (χ1) is 13.1. The first-order valence-corrected chi connectivity index (χ1v) is 10.1. The summed E-state index contributed by atoms with van der Waals surface area (Å²) >= 11 is 0. The average molecular weight is 367 g/mol. The Labute approximate surface area is 162 Å². The van der Waals surface area contributed by atoms with Crippen molar-refractivity contribution >= 4 is 0 Å². The van der Waals surface area contributed by atoms with Crippen molar-refractivity contribution in [2.75, 3.05) is 33.3 Å². The number of benzene rings is 2. The van der Waals surface area contributed by atoms with E-state index in [2.05, 4.69) is 42.0 Å². The first kappa shape index (κ1) is 18.3. The van der Waals surface area contributed by atoms with Crippen LogP contribution in [-0.4, -0.2) is 54.2 Å². The van der Waals surface area contributed by atoms with Gasteiger partial charge in [-0.05, 0) is 68.6 Å². The fraction of sp³-hybridized carbons (Fsp3) is 0.478. The molecule has 4 rings (SSSR count). The van der Waals surface area contributed by atoms with E-state index in [0.717, 1.165) is 30.8 Å². The third-order valence-corrected chi connectivity index (χ3v) is 6.10. The standard InChI is InChI=1S/C23H30N2O2/c1-17-6-3-4-8-21(17)18-14-19-16-25(11-9-20-7-5-10-24(20)2)12-13-27-23(19)22(26)15-18/h3-4,6,8,14-15,20,26H,5,7,9-13,16H2,1-2H3/t20-/m1/s1. The fourth-order valence-corrected chi connectivity index (χ4v) is 4.47. The maximum Gasteiger partial charge on any atom is 0.165 e. The average Bonchev–Trinajstić information content (AvgIpc) is 2.94. The van der Waals surface area contributed by atoms with Gasteiger partial charge in [-0.3, -0.25) is 4.90 Å². The number of hydrogen-bond acceptors (Lipinski definition) is 4. The summed E-state index contributed by atoms with van der Waals surface area (Å²) in [5, 5.41) is 10.6. The van der Waals surface area contributed by atoms with Crippen LogP contribution < -0.4 is 4.74 Å². The molecule has 4 heteroatoms. The molecular formula is C23H30N2O2. The van der Waals surface area contributed by atoms with E-state index in [1.807, 2.05) is 18.2 Å². The Morgan fingerprint density at radius 1 is 1.19 bits per heavy atom. The van der Waals surface area contributed by atoms with Crippen molar-refractivity contribution in [2.45, 2.75) is 38.8 Å². The fourth-order valence-electron chi connectivity index (χ4n) is 4.47. The highest BCUT2D eigenvalue weighted by atomic mass is 16.5. The quantitative estimate of drug-likeness (QED) is 0.886. The van der Waals surface area contributed by atoms with E-state index in [1.54, 1.807) is 0 Å². The number of phenolic OH excluding ortho intramolecular Hbond substituents is 1. The van der Waals surface area contributed by atoms with Gasteiger partial charge in [-0.25, -0.2) is 0 Å². The minimum atomic E-state index is 0.253. The van der Waals surface area contributed by atoms with Gasteiger partial charge in [-0.15, -0.1) is 0 Å². The zero-order valence-corrected chi connectivity index (χ0v) is 16.4. The number of rotatable bonds is 4. The molecule has 2 aliphatic rings. The molecule has 0 spiro atoms. The Morgan fingerprint density at radius 2 is 2.04 bits per heavy atom. The van der Waals surface area contributed by atoms with Crippen LogP contribution in [0.5, 0.6) is 11.5 Å². The lowest BCUT2D eigenvalue weighted by Gasteiger charge is -2.24. The highest BCUT2D eigenvalue weighted by Crippen LogP contribution is 2.38. The Hall–Kier alpha value is -2.04. The number of nitrogens with zero attached hydrogens (tertiary/aromatic N) is 2. The summed E-state index contributed by atoms with van der Waals surface area (Å²) in [4.78, 5) is 4.96. The van der Waals surface area contributed by atoms with Gasteiger partial charge in [0.1, 0.15) is 6.61 Å². The molecular weight excluding hydrogens is 336 g/mol. The van der Waals surface area contributed by atoms with Crippen LogP contribution in [0.4, 0.5) is 0 Å². The van der Waals surface area contributed by atoms with Crippen LogP contribution in [0.15, 0.2) is 36.4 Å². The molecule has 1 N–H and O–H groups in total. The number of hydrogen-bond donors (Lipinski definition) is 1. The van der Waals surface area contributed by atoms with Crippen molar-refractivity contribution in [1.29, 1.82) is 0 Å². The van der Waals surface area contributed by atoms with E-state index < -0.39 is 0 Å². The second kappa shape index (κ2) is 7.91. The predicted octanol–water partition coefficient (Wildman–Crippen LogP) is 4.05. The molecule has 0 amide bonds. The van der Waals surface area contributed by atoms with Crippen LogP contribution in [0.1, 0.15) is 30.4 Å². The monoisotopic (exact) mass is 366 g/mol. The van der Waals surface area contributed by atoms with Gasteiger partial charge in [-0.1, -0.05) is 24.3 Å². The van der Waals surface area contributed by atoms with Crippen LogP contribution >= 0.6 is 0 Å². The summed E-state index contributed by atoms with van der Waals surface area (Å²) in [6, 6.07) is 13.1. The zero-order valence-electron chi connectivity index (χ0n) is 16.4. The van der Waals surface area contributed by atoms with Crippen molar-refractivity contribution in [3.05, 3.63) is 47.5 Å². The van der Waals surface area contributed by atoms with E-state index in [4.69, 9.17) is 4.74 Å². The molecule has 2 aromatic rings. The van der Waals surface area contributed by atoms with Crippen molar-refractivity contribution in [2.24, 2.45) is 0 Å². The number of likely N-dealkylation sites (tertiary alicyclic amines) is 1. The molecule has 0 aliphatic carbocycles. The summed E-state index contributed by atoms with van der Waals surface area (Å²) in [5.41, 5.74) is 4.53. The normalized spacial score (nSPS) is 20.9. The van der Waals surface area contributed by atoms with Gasteiger partial charge in [0.25, 0.3) is 0 Å². The third kappa shape index (κ3) is 3.97. The lowest BCUT2D eigenvalue weighted by Crippen LogP contribution is -2.32. The Balaban J connectivity index is 1.55.